The van der Waals surface area contributed by atoms with Gasteiger partial charge in [-0.2, -0.15) is 5.10 Å². The van der Waals surface area contributed by atoms with Gasteiger partial charge in [-0.05, 0) is 30.3 Å². The van der Waals surface area contributed by atoms with E-state index in [1.807, 2.05) is 78.9 Å². The summed E-state index contributed by atoms with van der Waals surface area (Å²) in [6, 6.07) is 24.9. The molecule has 1 atom stereocenters. The number of amides is 1. The van der Waals surface area contributed by atoms with Gasteiger partial charge in [0.2, 0.25) is 6.79 Å². The van der Waals surface area contributed by atoms with Crippen molar-refractivity contribution >= 4 is 17.3 Å². The molecule has 3 aromatic carbocycles. The summed E-state index contributed by atoms with van der Waals surface area (Å²) in [5.41, 5.74) is 4.69. The van der Waals surface area contributed by atoms with Gasteiger partial charge in [-0.3, -0.25) is 14.8 Å². The Balaban J connectivity index is 1.46. The van der Waals surface area contributed by atoms with E-state index in [1.54, 1.807) is 4.90 Å². The van der Waals surface area contributed by atoms with Crippen LogP contribution >= 0.6 is 0 Å². The Bertz CT molecular complexity index is 1280. The Morgan fingerprint density at radius 1 is 0.903 bits per heavy atom. The second-order valence-corrected chi connectivity index (χ2v) is 7.38. The van der Waals surface area contributed by atoms with Gasteiger partial charge in [0.05, 0.1) is 22.6 Å². The van der Waals surface area contributed by atoms with Crippen LogP contribution in [0.2, 0.25) is 0 Å². The summed E-state index contributed by atoms with van der Waals surface area (Å²) in [5.74, 6) is 1.19. The molecule has 0 saturated carbocycles. The molecule has 152 valence electrons. The lowest BCUT2D eigenvalue weighted by Crippen LogP contribution is -2.43. The summed E-state index contributed by atoms with van der Waals surface area (Å²) in [7, 11) is 0. The highest BCUT2D eigenvalue weighted by atomic mass is 16.7. The highest BCUT2D eigenvalue weighted by molar-refractivity contribution is 6.12. The highest BCUT2D eigenvalue weighted by Crippen LogP contribution is 2.41. The molecule has 2 N–H and O–H groups in total. The Labute approximate surface area is 178 Å². The van der Waals surface area contributed by atoms with E-state index in [0.717, 1.165) is 22.6 Å². The van der Waals surface area contributed by atoms with E-state index in [9.17, 15) is 4.79 Å². The van der Waals surface area contributed by atoms with Gasteiger partial charge in [-0.15, -0.1) is 0 Å². The number of fused-ring (bicyclic) bond motifs is 2. The van der Waals surface area contributed by atoms with E-state index in [0.29, 0.717) is 22.7 Å². The first-order chi connectivity index (χ1) is 15.3. The number of hydrogen-bond donors (Lipinski definition) is 2. The summed E-state index contributed by atoms with van der Waals surface area (Å²) in [6.45, 7) is 0.179. The number of nitrogens with zero attached hydrogens (tertiary/aromatic N) is 2. The van der Waals surface area contributed by atoms with Crippen LogP contribution in [0.25, 0.3) is 11.3 Å². The summed E-state index contributed by atoms with van der Waals surface area (Å²) >= 11 is 0. The van der Waals surface area contributed by atoms with E-state index in [2.05, 4.69) is 15.5 Å². The van der Waals surface area contributed by atoms with Gasteiger partial charge < -0.3 is 14.8 Å². The van der Waals surface area contributed by atoms with Crippen LogP contribution in [-0.2, 0) is 0 Å². The Kier molecular flexibility index (Phi) is 3.92. The van der Waals surface area contributed by atoms with Crippen LogP contribution in [0.4, 0.5) is 11.4 Å². The maximum atomic E-state index is 13.6. The lowest BCUT2D eigenvalue weighted by Gasteiger charge is -2.37. The molecule has 6 rings (SSSR count). The number of benzene rings is 3. The fourth-order valence-electron chi connectivity index (χ4n) is 4.01. The number of nitrogens with one attached hydrogen (secondary N) is 2. The predicted octanol–water partition coefficient (Wildman–Crippen LogP) is 4.58. The van der Waals surface area contributed by atoms with Crippen molar-refractivity contribution in [3.8, 4) is 22.8 Å². The van der Waals surface area contributed by atoms with Crippen molar-refractivity contribution in [2.75, 3.05) is 17.0 Å². The van der Waals surface area contributed by atoms with Crippen LogP contribution in [-0.4, -0.2) is 22.9 Å². The van der Waals surface area contributed by atoms with Crippen molar-refractivity contribution in [2.45, 2.75) is 6.17 Å². The van der Waals surface area contributed by atoms with Gasteiger partial charge in [-0.25, -0.2) is 0 Å². The SMILES string of the molecule is O=C1c2ccccc2NC(c2cc(-c3ccccc3)n[nH]2)N1c1ccc2c(c1)OCO2. The number of rotatable bonds is 3. The van der Waals surface area contributed by atoms with E-state index >= 15 is 0 Å². The van der Waals surface area contributed by atoms with E-state index in [1.165, 1.54) is 0 Å². The minimum absolute atomic E-state index is 0.103. The van der Waals surface area contributed by atoms with Crippen LogP contribution < -0.4 is 19.7 Å². The van der Waals surface area contributed by atoms with E-state index in [4.69, 9.17) is 9.47 Å². The van der Waals surface area contributed by atoms with Gasteiger partial charge in [-0.1, -0.05) is 42.5 Å². The van der Waals surface area contributed by atoms with Gasteiger partial charge in [0.15, 0.2) is 11.5 Å². The van der Waals surface area contributed by atoms with Crippen LogP contribution in [0.3, 0.4) is 0 Å². The topological polar surface area (TPSA) is 79.5 Å². The summed E-state index contributed by atoms with van der Waals surface area (Å²) in [5, 5.41) is 11.1. The third-order valence-corrected chi connectivity index (χ3v) is 5.52. The molecule has 4 aromatic rings. The van der Waals surface area contributed by atoms with Gasteiger partial charge in [0.25, 0.3) is 5.91 Å². The zero-order chi connectivity index (χ0) is 20.8. The van der Waals surface area contributed by atoms with Crippen LogP contribution in [0, 0.1) is 0 Å². The fraction of sp³-hybridized carbons (Fsp3) is 0.0833. The van der Waals surface area contributed by atoms with Crippen LogP contribution in [0.5, 0.6) is 11.5 Å². The van der Waals surface area contributed by atoms with Crippen molar-refractivity contribution < 1.29 is 14.3 Å². The van der Waals surface area contributed by atoms with Gasteiger partial charge in [0, 0.05) is 17.3 Å². The second-order valence-electron chi connectivity index (χ2n) is 7.38. The Hall–Kier alpha value is -4.26. The summed E-state index contributed by atoms with van der Waals surface area (Å²) < 4.78 is 11.0. The molecule has 0 radical (unpaired) electrons. The molecule has 0 bridgehead atoms. The smallest absolute Gasteiger partial charge is 0.262 e. The molecule has 1 amide bonds. The monoisotopic (exact) mass is 410 g/mol. The first-order valence-electron chi connectivity index (χ1n) is 9.97. The molecule has 2 aliphatic rings. The third-order valence-electron chi connectivity index (χ3n) is 5.52. The van der Waals surface area contributed by atoms with Crippen molar-refractivity contribution in [1.82, 2.24) is 10.2 Å². The van der Waals surface area contributed by atoms with Crippen molar-refractivity contribution in [3.05, 3.63) is 90.1 Å². The average Bonchev–Trinajstić information content (AvgIpc) is 3.49. The largest absolute Gasteiger partial charge is 0.454 e. The van der Waals surface area contributed by atoms with E-state index < -0.39 is 6.17 Å². The van der Waals surface area contributed by atoms with Crippen molar-refractivity contribution in [1.29, 1.82) is 0 Å². The molecular formula is C24H18N4O3. The number of carbonyl (C=O) groups is 1. The maximum Gasteiger partial charge on any atom is 0.262 e. The van der Waals surface area contributed by atoms with E-state index in [-0.39, 0.29) is 12.7 Å². The molecule has 1 unspecified atom stereocenters. The first-order valence-corrected chi connectivity index (χ1v) is 9.97. The number of carbonyl (C=O) groups excluding carboxylic acids is 1. The Morgan fingerprint density at radius 2 is 1.71 bits per heavy atom. The van der Waals surface area contributed by atoms with Gasteiger partial charge >= 0.3 is 0 Å². The number of ether oxygens (including phenoxy) is 2. The zero-order valence-electron chi connectivity index (χ0n) is 16.4. The number of H-pyrrole nitrogens is 1. The zero-order valence-corrected chi connectivity index (χ0v) is 16.4. The summed E-state index contributed by atoms with van der Waals surface area (Å²) in [6.07, 6.45) is -0.465. The van der Waals surface area contributed by atoms with Crippen LogP contribution in [0.1, 0.15) is 22.2 Å². The third kappa shape index (κ3) is 2.90. The molecule has 7 heteroatoms. The first kappa shape index (κ1) is 17.6. The number of aromatic amines is 1. The minimum Gasteiger partial charge on any atom is -0.454 e. The summed E-state index contributed by atoms with van der Waals surface area (Å²) in [4.78, 5) is 15.3. The number of aromatic nitrogens is 2. The molecule has 0 saturated heterocycles. The molecular weight excluding hydrogens is 392 g/mol. The standard InChI is InChI=1S/C24H18N4O3/c29-24-17-8-4-5-9-18(17)25-23(20-13-19(26-27-20)15-6-2-1-3-7-15)28(24)16-10-11-21-22(12-16)31-14-30-21/h1-13,23,25H,14H2,(H,26,27). The molecule has 1 aromatic heterocycles. The van der Waals surface area contributed by atoms with Gasteiger partial charge in [0.1, 0.15) is 6.17 Å². The average molecular weight is 410 g/mol. The number of para-hydroxylation sites is 1. The van der Waals surface area contributed by atoms with Crippen LogP contribution in [0.15, 0.2) is 78.9 Å². The minimum atomic E-state index is -0.465. The quantitative estimate of drug-likeness (QED) is 0.517. The van der Waals surface area contributed by atoms with Crippen molar-refractivity contribution in [2.24, 2.45) is 0 Å². The number of hydrogen-bond acceptors (Lipinski definition) is 5. The predicted molar refractivity (Wildman–Crippen MR) is 116 cm³/mol. The molecule has 0 aliphatic carbocycles. The normalized spacial score (nSPS) is 16.7. The second kappa shape index (κ2) is 6.91. The maximum absolute atomic E-state index is 13.6. The molecule has 2 aliphatic heterocycles. The lowest BCUT2D eigenvalue weighted by molar-refractivity contribution is 0.0974. The number of anilines is 2. The molecule has 3 heterocycles. The molecule has 31 heavy (non-hydrogen) atoms. The molecule has 7 nitrogen and oxygen atoms in total. The fourth-order valence-corrected chi connectivity index (χ4v) is 4.01. The lowest BCUT2D eigenvalue weighted by atomic mass is 10.0. The Morgan fingerprint density at radius 3 is 2.61 bits per heavy atom. The van der Waals surface area contributed by atoms with Crippen molar-refractivity contribution in [3.63, 3.8) is 0 Å². The molecule has 0 spiro atoms. The molecule has 0 fully saturated rings. The highest BCUT2D eigenvalue weighted by Gasteiger charge is 2.35.